The van der Waals surface area contributed by atoms with Gasteiger partial charge in [0.2, 0.25) is 5.95 Å². The second-order valence-corrected chi connectivity index (χ2v) is 13.2. The Morgan fingerprint density at radius 1 is 0.689 bits per heavy atom. The van der Waals surface area contributed by atoms with E-state index < -0.39 is 0 Å². The molecule has 1 atom stereocenters. The van der Waals surface area contributed by atoms with Crippen molar-refractivity contribution in [2.45, 2.75) is 18.8 Å². The molecule has 9 rings (SSSR count). The minimum Gasteiger partial charge on any atom is -0.278 e. The second kappa shape index (κ2) is 10.1. The smallest absolute Gasteiger partial charge is 0.235 e. The van der Waals surface area contributed by atoms with Gasteiger partial charge in [0.25, 0.3) is 0 Å². The first-order valence-electron chi connectivity index (χ1n) is 15.4. The van der Waals surface area contributed by atoms with E-state index in [4.69, 9.17) is 9.97 Å². The summed E-state index contributed by atoms with van der Waals surface area (Å²) in [6, 6.07) is 43.5. The van der Waals surface area contributed by atoms with Crippen LogP contribution in [-0.4, -0.2) is 14.5 Å². The van der Waals surface area contributed by atoms with E-state index in [0.717, 1.165) is 23.1 Å². The van der Waals surface area contributed by atoms with Crippen LogP contribution in [-0.2, 0) is 5.41 Å². The lowest BCUT2D eigenvalue weighted by molar-refractivity contribution is 0.608. The van der Waals surface area contributed by atoms with E-state index in [1.807, 2.05) is 23.6 Å². The van der Waals surface area contributed by atoms with Gasteiger partial charge in [-0.05, 0) is 52.9 Å². The fourth-order valence-corrected chi connectivity index (χ4v) is 8.28. The number of para-hydroxylation sites is 1. The van der Waals surface area contributed by atoms with E-state index in [1.165, 1.54) is 53.2 Å². The Bertz CT molecular complexity index is 2460. The van der Waals surface area contributed by atoms with Gasteiger partial charge in [-0.1, -0.05) is 122 Å². The lowest BCUT2D eigenvalue weighted by Crippen LogP contribution is -2.21. The van der Waals surface area contributed by atoms with Crippen LogP contribution in [0.25, 0.3) is 64.6 Å². The fraction of sp³-hybridized carbons (Fsp3) is 0.0732. The molecule has 0 saturated heterocycles. The Kier molecular flexibility index (Phi) is 5.87. The first-order chi connectivity index (χ1) is 22.2. The van der Waals surface area contributed by atoms with E-state index in [9.17, 15) is 0 Å². The topological polar surface area (TPSA) is 30.7 Å². The average molecular weight is 596 g/mol. The molecule has 0 spiro atoms. The quantitative estimate of drug-likeness (QED) is 0.203. The SMILES string of the molecule is CC1(c2ccc(-c3ccccc3)cc2)C=CC=C(c2ccnc(-n3c4ccccc4c4c5sc6ccccc6c5ccc43)n2)C1. The molecule has 1 aliphatic carbocycles. The monoisotopic (exact) mass is 595 g/mol. The van der Waals surface area contributed by atoms with Crippen LogP contribution in [0.15, 0.2) is 146 Å². The van der Waals surface area contributed by atoms with Gasteiger partial charge in [-0.15, -0.1) is 11.3 Å². The summed E-state index contributed by atoms with van der Waals surface area (Å²) in [7, 11) is 0. The molecular weight excluding hydrogens is 567 g/mol. The van der Waals surface area contributed by atoms with E-state index >= 15 is 0 Å². The second-order valence-electron chi connectivity index (χ2n) is 12.1. The molecule has 8 aromatic rings. The summed E-state index contributed by atoms with van der Waals surface area (Å²) in [6.45, 7) is 2.32. The zero-order valence-corrected chi connectivity index (χ0v) is 25.6. The van der Waals surface area contributed by atoms with Crippen LogP contribution >= 0.6 is 11.3 Å². The molecule has 214 valence electrons. The number of benzene rings is 5. The summed E-state index contributed by atoms with van der Waals surface area (Å²) in [4.78, 5) is 10.1. The molecule has 0 aliphatic heterocycles. The molecule has 0 N–H and O–H groups in total. The van der Waals surface area contributed by atoms with Crippen LogP contribution in [0.2, 0.25) is 0 Å². The van der Waals surface area contributed by atoms with Gasteiger partial charge in [0.15, 0.2) is 0 Å². The van der Waals surface area contributed by atoms with Crippen molar-refractivity contribution < 1.29 is 0 Å². The molecule has 1 aliphatic rings. The summed E-state index contributed by atoms with van der Waals surface area (Å²) in [5.41, 5.74) is 8.06. The summed E-state index contributed by atoms with van der Waals surface area (Å²) in [5, 5.41) is 5.11. The first-order valence-corrected chi connectivity index (χ1v) is 16.2. The average Bonchev–Trinajstić information content (AvgIpc) is 3.65. The maximum Gasteiger partial charge on any atom is 0.235 e. The van der Waals surface area contributed by atoms with Gasteiger partial charge in [-0.2, -0.15) is 0 Å². The lowest BCUT2D eigenvalue weighted by atomic mass is 9.74. The summed E-state index contributed by atoms with van der Waals surface area (Å²) >= 11 is 1.87. The van der Waals surface area contributed by atoms with Crippen molar-refractivity contribution in [1.29, 1.82) is 0 Å². The number of allylic oxidation sites excluding steroid dienone is 4. The highest BCUT2D eigenvalue weighted by Gasteiger charge is 2.28. The molecule has 0 bridgehead atoms. The van der Waals surface area contributed by atoms with Crippen LogP contribution in [0.3, 0.4) is 0 Å². The van der Waals surface area contributed by atoms with Gasteiger partial charge in [0.05, 0.1) is 16.7 Å². The van der Waals surface area contributed by atoms with Crippen molar-refractivity contribution in [3.63, 3.8) is 0 Å². The highest BCUT2D eigenvalue weighted by Crippen LogP contribution is 2.43. The minimum atomic E-state index is -0.135. The van der Waals surface area contributed by atoms with Crippen molar-refractivity contribution in [2.24, 2.45) is 0 Å². The molecule has 0 fully saturated rings. The van der Waals surface area contributed by atoms with Gasteiger partial charge in [-0.3, -0.25) is 4.57 Å². The number of hydrogen-bond donors (Lipinski definition) is 0. The number of aromatic nitrogens is 3. The van der Waals surface area contributed by atoms with Gasteiger partial charge in [-0.25, -0.2) is 9.97 Å². The molecule has 3 aromatic heterocycles. The molecule has 4 heteroatoms. The van der Waals surface area contributed by atoms with Crippen molar-refractivity contribution in [3.8, 4) is 17.1 Å². The molecule has 3 heterocycles. The third kappa shape index (κ3) is 4.17. The number of rotatable bonds is 4. The van der Waals surface area contributed by atoms with Gasteiger partial charge in [0.1, 0.15) is 0 Å². The van der Waals surface area contributed by atoms with Gasteiger partial charge >= 0.3 is 0 Å². The van der Waals surface area contributed by atoms with Gasteiger partial charge < -0.3 is 0 Å². The lowest BCUT2D eigenvalue weighted by Gasteiger charge is -2.30. The molecule has 0 saturated carbocycles. The van der Waals surface area contributed by atoms with Gasteiger partial charge in [0, 0.05) is 42.6 Å². The van der Waals surface area contributed by atoms with Crippen LogP contribution in [0.1, 0.15) is 24.6 Å². The number of thiophene rings is 1. The van der Waals surface area contributed by atoms with E-state index in [1.54, 1.807) is 0 Å². The molecule has 3 nitrogen and oxygen atoms in total. The Morgan fingerprint density at radius 2 is 1.44 bits per heavy atom. The van der Waals surface area contributed by atoms with Crippen LogP contribution in [0.5, 0.6) is 0 Å². The van der Waals surface area contributed by atoms with Crippen LogP contribution < -0.4 is 0 Å². The van der Waals surface area contributed by atoms with Crippen molar-refractivity contribution in [2.75, 3.05) is 0 Å². The number of hydrogen-bond acceptors (Lipinski definition) is 3. The molecule has 5 aromatic carbocycles. The van der Waals surface area contributed by atoms with Crippen molar-refractivity contribution >= 4 is 58.9 Å². The number of nitrogens with zero attached hydrogens (tertiary/aromatic N) is 3. The highest BCUT2D eigenvalue weighted by molar-refractivity contribution is 7.26. The van der Waals surface area contributed by atoms with Crippen molar-refractivity contribution in [1.82, 2.24) is 14.5 Å². The number of fused-ring (bicyclic) bond motifs is 7. The molecular formula is C41H29N3S. The summed E-state index contributed by atoms with van der Waals surface area (Å²) in [6.07, 6.45) is 9.48. The maximum atomic E-state index is 5.23. The molecule has 1 unspecified atom stereocenters. The summed E-state index contributed by atoms with van der Waals surface area (Å²) < 4.78 is 4.86. The Hall–Kier alpha value is -5.32. The first kappa shape index (κ1) is 26.1. The maximum absolute atomic E-state index is 5.23. The Labute approximate surface area is 265 Å². The third-order valence-electron chi connectivity index (χ3n) is 9.32. The van der Waals surface area contributed by atoms with E-state index in [0.29, 0.717) is 5.95 Å². The minimum absolute atomic E-state index is 0.135. The molecule has 0 radical (unpaired) electrons. The van der Waals surface area contributed by atoms with Crippen LogP contribution in [0, 0.1) is 0 Å². The van der Waals surface area contributed by atoms with Crippen molar-refractivity contribution in [3.05, 3.63) is 157 Å². The van der Waals surface area contributed by atoms with Crippen LogP contribution in [0.4, 0.5) is 0 Å². The predicted molar refractivity (Wildman–Crippen MR) is 190 cm³/mol. The zero-order chi connectivity index (χ0) is 30.0. The normalized spacial score (nSPS) is 16.6. The molecule has 45 heavy (non-hydrogen) atoms. The largest absolute Gasteiger partial charge is 0.278 e. The zero-order valence-electron chi connectivity index (χ0n) is 24.8. The third-order valence-corrected chi connectivity index (χ3v) is 10.5. The Balaban J connectivity index is 1.12. The standard InChI is InChI=1S/C41H29N3S/c1-41(30-19-17-28(18-20-30)27-10-3-2-4-11-27)24-9-12-29(26-41)34-23-25-42-40(43-34)44-35-15-7-5-14-33(35)38-36(44)22-21-32-31-13-6-8-16-37(31)45-39(32)38/h2-25H,26H2,1H3. The van der Waals surface area contributed by atoms with E-state index in [-0.39, 0.29) is 5.41 Å². The Morgan fingerprint density at radius 3 is 2.31 bits per heavy atom. The predicted octanol–water partition coefficient (Wildman–Crippen LogP) is 10.9. The summed E-state index contributed by atoms with van der Waals surface area (Å²) in [5.74, 6) is 0.698. The van der Waals surface area contributed by atoms with E-state index in [2.05, 4.69) is 145 Å². The highest BCUT2D eigenvalue weighted by atomic mass is 32.1. The fourth-order valence-electron chi connectivity index (χ4n) is 7.02. The molecule has 0 amide bonds.